The van der Waals surface area contributed by atoms with Crippen LogP contribution in [0.5, 0.6) is 0 Å². The Kier molecular flexibility index (Phi) is 4.55. The fraction of sp³-hybridized carbons (Fsp3) is 0.250. The molecule has 0 radical (unpaired) electrons. The molecule has 0 aliphatic rings. The Morgan fingerprint density at radius 3 is 2.52 bits per heavy atom. The van der Waals surface area contributed by atoms with Crippen LogP contribution in [0.1, 0.15) is 12.5 Å². The van der Waals surface area contributed by atoms with Gasteiger partial charge in [0.1, 0.15) is 6.04 Å². The number of carbonyl (C=O) groups is 2. The molecular formula is C16H19N3O2. The summed E-state index contributed by atoms with van der Waals surface area (Å²) in [4.78, 5) is 22.9. The molecule has 0 heterocycles. The third-order valence-electron chi connectivity index (χ3n) is 3.44. The highest BCUT2D eigenvalue weighted by Crippen LogP contribution is 2.19. The molecule has 2 rings (SSSR count). The molecule has 0 saturated carbocycles. The minimum Gasteiger partial charge on any atom is -0.368 e. The van der Waals surface area contributed by atoms with Crippen molar-refractivity contribution < 1.29 is 9.59 Å². The monoisotopic (exact) mass is 285 g/mol. The van der Waals surface area contributed by atoms with E-state index in [9.17, 15) is 9.59 Å². The van der Waals surface area contributed by atoms with E-state index in [0.717, 1.165) is 16.3 Å². The van der Waals surface area contributed by atoms with Crippen molar-refractivity contribution >= 4 is 22.6 Å². The van der Waals surface area contributed by atoms with Gasteiger partial charge in [0.2, 0.25) is 11.8 Å². The van der Waals surface area contributed by atoms with Crippen LogP contribution in [-0.4, -0.2) is 23.9 Å². The van der Waals surface area contributed by atoms with E-state index in [0.29, 0.717) is 6.42 Å². The molecule has 0 aliphatic heterocycles. The van der Waals surface area contributed by atoms with Gasteiger partial charge in [-0.3, -0.25) is 9.59 Å². The van der Waals surface area contributed by atoms with Crippen LogP contribution in [0.2, 0.25) is 0 Å². The zero-order valence-corrected chi connectivity index (χ0v) is 11.9. The van der Waals surface area contributed by atoms with E-state index in [1.165, 1.54) is 6.92 Å². The Morgan fingerprint density at radius 2 is 1.81 bits per heavy atom. The van der Waals surface area contributed by atoms with E-state index < -0.39 is 18.0 Å². The van der Waals surface area contributed by atoms with Crippen molar-refractivity contribution in [1.82, 2.24) is 5.32 Å². The largest absolute Gasteiger partial charge is 0.368 e. The summed E-state index contributed by atoms with van der Waals surface area (Å²) >= 11 is 0. The lowest BCUT2D eigenvalue weighted by Crippen LogP contribution is -2.49. The number of fused-ring (bicyclic) bond motifs is 1. The van der Waals surface area contributed by atoms with Crippen LogP contribution in [0, 0.1) is 0 Å². The Labute approximate surface area is 123 Å². The van der Waals surface area contributed by atoms with Crippen molar-refractivity contribution in [3.05, 3.63) is 48.0 Å². The molecule has 0 saturated heterocycles. The molecule has 1 unspecified atom stereocenters. The molecule has 110 valence electrons. The summed E-state index contributed by atoms with van der Waals surface area (Å²) in [5.41, 5.74) is 12.0. The smallest absolute Gasteiger partial charge is 0.239 e. The number of primary amides is 1. The van der Waals surface area contributed by atoms with E-state index in [1.54, 1.807) is 0 Å². The van der Waals surface area contributed by atoms with E-state index in [4.69, 9.17) is 11.5 Å². The van der Waals surface area contributed by atoms with E-state index in [1.807, 2.05) is 42.5 Å². The number of hydrogen-bond acceptors (Lipinski definition) is 3. The number of hydrogen-bond donors (Lipinski definition) is 3. The maximum Gasteiger partial charge on any atom is 0.239 e. The standard InChI is InChI=1S/C16H19N3O2/c1-10(15(18)20)19-16(21)14(17)9-12-7-4-6-11-5-2-3-8-13(11)12/h2-8,10,14H,9,17H2,1H3,(H2,18,20)(H,19,21)/t10?,14-/m0/s1. The van der Waals surface area contributed by atoms with E-state index >= 15 is 0 Å². The fourth-order valence-electron chi connectivity index (χ4n) is 2.19. The quantitative estimate of drug-likeness (QED) is 0.754. The van der Waals surface area contributed by atoms with Gasteiger partial charge in [-0.25, -0.2) is 0 Å². The molecule has 2 aromatic rings. The maximum atomic E-state index is 12.0. The van der Waals surface area contributed by atoms with Gasteiger partial charge < -0.3 is 16.8 Å². The highest BCUT2D eigenvalue weighted by Gasteiger charge is 2.19. The van der Waals surface area contributed by atoms with Gasteiger partial charge >= 0.3 is 0 Å². The molecule has 2 amide bonds. The predicted molar refractivity (Wildman–Crippen MR) is 82.4 cm³/mol. The number of amides is 2. The van der Waals surface area contributed by atoms with Crippen LogP contribution in [0.15, 0.2) is 42.5 Å². The van der Waals surface area contributed by atoms with Crippen LogP contribution < -0.4 is 16.8 Å². The first kappa shape index (κ1) is 15.0. The lowest BCUT2D eigenvalue weighted by atomic mass is 9.98. The topological polar surface area (TPSA) is 98.2 Å². The van der Waals surface area contributed by atoms with Crippen molar-refractivity contribution in [3.63, 3.8) is 0 Å². The highest BCUT2D eigenvalue weighted by atomic mass is 16.2. The maximum absolute atomic E-state index is 12.0. The van der Waals surface area contributed by atoms with Crippen LogP contribution >= 0.6 is 0 Å². The predicted octanol–water partition coefficient (Wildman–Crippen LogP) is 0.700. The fourth-order valence-corrected chi connectivity index (χ4v) is 2.19. The van der Waals surface area contributed by atoms with Crippen LogP contribution in [-0.2, 0) is 16.0 Å². The molecule has 5 heteroatoms. The average Bonchev–Trinajstić information content (AvgIpc) is 2.47. The molecule has 0 spiro atoms. The lowest BCUT2D eigenvalue weighted by molar-refractivity contribution is -0.127. The minimum absolute atomic E-state index is 0.380. The average molecular weight is 285 g/mol. The normalized spacial score (nSPS) is 13.6. The molecule has 0 aliphatic carbocycles. The van der Waals surface area contributed by atoms with Crippen molar-refractivity contribution in [2.24, 2.45) is 11.5 Å². The molecule has 0 fully saturated rings. The molecule has 0 aromatic heterocycles. The van der Waals surface area contributed by atoms with E-state index in [-0.39, 0.29) is 5.91 Å². The summed E-state index contributed by atoms with van der Waals surface area (Å²) in [5.74, 6) is -0.963. The van der Waals surface area contributed by atoms with Gasteiger partial charge in [-0.2, -0.15) is 0 Å². The van der Waals surface area contributed by atoms with Crippen molar-refractivity contribution in [1.29, 1.82) is 0 Å². The summed E-state index contributed by atoms with van der Waals surface area (Å²) < 4.78 is 0. The number of nitrogens with one attached hydrogen (secondary N) is 1. The van der Waals surface area contributed by atoms with Crippen LogP contribution in [0.4, 0.5) is 0 Å². The third kappa shape index (κ3) is 3.58. The third-order valence-corrected chi connectivity index (χ3v) is 3.44. The number of benzene rings is 2. The van der Waals surface area contributed by atoms with Crippen LogP contribution in [0.3, 0.4) is 0 Å². The second-order valence-electron chi connectivity index (χ2n) is 5.08. The number of rotatable bonds is 5. The SMILES string of the molecule is CC(NC(=O)[C@@H](N)Cc1cccc2ccccc12)C(N)=O. The first-order valence-corrected chi connectivity index (χ1v) is 6.81. The summed E-state index contributed by atoms with van der Waals surface area (Å²) in [6, 6.07) is 12.4. The summed E-state index contributed by atoms with van der Waals surface area (Å²) in [7, 11) is 0. The summed E-state index contributed by atoms with van der Waals surface area (Å²) in [6.45, 7) is 1.53. The highest BCUT2D eigenvalue weighted by molar-refractivity contribution is 5.90. The Hall–Kier alpha value is -2.40. The molecule has 2 aromatic carbocycles. The lowest BCUT2D eigenvalue weighted by Gasteiger charge is -2.16. The summed E-state index contributed by atoms with van der Waals surface area (Å²) in [6.07, 6.45) is 0.401. The molecule has 0 bridgehead atoms. The molecule has 2 atom stereocenters. The van der Waals surface area contributed by atoms with Gasteiger partial charge in [-0.15, -0.1) is 0 Å². The van der Waals surface area contributed by atoms with Crippen molar-refractivity contribution in [3.8, 4) is 0 Å². The van der Waals surface area contributed by atoms with Crippen LogP contribution in [0.25, 0.3) is 10.8 Å². The Balaban J connectivity index is 2.13. The molecular weight excluding hydrogens is 266 g/mol. The van der Waals surface area contributed by atoms with Crippen molar-refractivity contribution in [2.75, 3.05) is 0 Å². The van der Waals surface area contributed by atoms with E-state index in [2.05, 4.69) is 5.32 Å². The summed E-state index contributed by atoms with van der Waals surface area (Å²) in [5, 5.41) is 4.69. The molecule has 5 N–H and O–H groups in total. The number of nitrogens with two attached hydrogens (primary N) is 2. The Morgan fingerprint density at radius 1 is 1.14 bits per heavy atom. The first-order valence-electron chi connectivity index (χ1n) is 6.81. The van der Waals surface area contributed by atoms with Gasteiger partial charge in [0.15, 0.2) is 0 Å². The minimum atomic E-state index is -0.726. The zero-order valence-electron chi connectivity index (χ0n) is 11.9. The first-order chi connectivity index (χ1) is 9.99. The molecule has 21 heavy (non-hydrogen) atoms. The van der Waals surface area contributed by atoms with Crippen molar-refractivity contribution in [2.45, 2.75) is 25.4 Å². The van der Waals surface area contributed by atoms with Gasteiger partial charge in [-0.05, 0) is 29.7 Å². The zero-order chi connectivity index (χ0) is 15.4. The van der Waals surface area contributed by atoms with Gasteiger partial charge in [0.05, 0.1) is 6.04 Å². The molecule has 5 nitrogen and oxygen atoms in total. The second-order valence-corrected chi connectivity index (χ2v) is 5.08. The second kappa shape index (κ2) is 6.37. The van der Waals surface area contributed by atoms with Gasteiger partial charge in [-0.1, -0.05) is 42.5 Å². The van der Waals surface area contributed by atoms with Gasteiger partial charge in [0.25, 0.3) is 0 Å². The number of carbonyl (C=O) groups excluding carboxylic acids is 2. The van der Waals surface area contributed by atoms with Gasteiger partial charge in [0, 0.05) is 0 Å². The Bertz CT molecular complexity index is 664.